The molecule has 1 heterocycles. The van der Waals surface area contributed by atoms with E-state index in [9.17, 15) is 9.18 Å². The van der Waals surface area contributed by atoms with Gasteiger partial charge in [-0.25, -0.2) is 4.39 Å². The minimum atomic E-state index is -0.343. The maximum atomic E-state index is 13.1. The number of amides is 1. The van der Waals surface area contributed by atoms with Gasteiger partial charge in [-0.05, 0) is 47.4 Å². The van der Waals surface area contributed by atoms with Crippen LogP contribution in [0.15, 0.2) is 53.4 Å². The Kier molecular flexibility index (Phi) is 4.83. The van der Waals surface area contributed by atoms with Crippen LogP contribution in [0.2, 0.25) is 0 Å². The van der Waals surface area contributed by atoms with E-state index in [1.54, 1.807) is 12.1 Å². The highest BCUT2D eigenvalue weighted by atomic mass is 32.2. The Labute approximate surface area is 150 Å². The summed E-state index contributed by atoms with van der Waals surface area (Å²) in [5, 5.41) is 0. The second kappa shape index (κ2) is 6.87. The molecule has 2 nitrogen and oxygen atoms in total. The van der Waals surface area contributed by atoms with Gasteiger partial charge >= 0.3 is 0 Å². The van der Waals surface area contributed by atoms with Crippen molar-refractivity contribution < 1.29 is 9.18 Å². The number of carbonyl (C=O) groups is 1. The number of halogens is 1. The highest BCUT2D eigenvalue weighted by Gasteiger charge is 2.33. The minimum Gasteiger partial charge on any atom is -0.268 e. The smallest absolute Gasteiger partial charge is 0.268 e. The number of anilines is 1. The van der Waals surface area contributed by atoms with Gasteiger partial charge in [-0.3, -0.25) is 9.69 Å². The summed E-state index contributed by atoms with van der Waals surface area (Å²) >= 11 is 6.58. The summed E-state index contributed by atoms with van der Waals surface area (Å²) in [5.74, 6) is -0.0507. The van der Waals surface area contributed by atoms with Crippen molar-refractivity contribution in [1.82, 2.24) is 0 Å². The summed E-state index contributed by atoms with van der Waals surface area (Å²) in [7, 11) is 0. The molecule has 1 aliphatic heterocycles. The Balaban J connectivity index is 1.86. The molecule has 1 saturated heterocycles. The molecule has 122 valence electrons. The van der Waals surface area contributed by atoms with Crippen LogP contribution in [-0.4, -0.2) is 10.2 Å². The van der Waals surface area contributed by atoms with Crippen LogP contribution in [0.25, 0.3) is 6.08 Å². The van der Waals surface area contributed by atoms with E-state index in [0.717, 1.165) is 5.56 Å². The predicted octanol–water partition coefficient (Wildman–Crippen LogP) is 5.35. The molecule has 0 aromatic heterocycles. The zero-order valence-electron chi connectivity index (χ0n) is 13.3. The van der Waals surface area contributed by atoms with E-state index in [2.05, 4.69) is 26.0 Å². The van der Waals surface area contributed by atoms with E-state index in [1.165, 1.54) is 34.4 Å². The van der Waals surface area contributed by atoms with E-state index in [4.69, 9.17) is 12.2 Å². The van der Waals surface area contributed by atoms with Crippen molar-refractivity contribution >= 4 is 46.0 Å². The molecule has 2 aromatic rings. The van der Waals surface area contributed by atoms with Gasteiger partial charge in [0.1, 0.15) is 5.82 Å². The SMILES string of the molecule is CC(C)c1ccc(C=C2SC(=S)N(c3ccc(F)cc3)C2=O)cc1. The number of benzene rings is 2. The fraction of sp³-hybridized carbons (Fsp3) is 0.158. The molecule has 5 heteroatoms. The van der Waals surface area contributed by atoms with Crippen molar-refractivity contribution in [3.05, 3.63) is 70.4 Å². The second-order valence-corrected chi connectivity index (χ2v) is 7.49. The van der Waals surface area contributed by atoms with E-state index < -0.39 is 0 Å². The van der Waals surface area contributed by atoms with E-state index >= 15 is 0 Å². The molecular weight excluding hydrogens is 341 g/mol. The van der Waals surface area contributed by atoms with Gasteiger partial charge in [-0.1, -0.05) is 62.1 Å². The van der Waals surface area contributed by atoms with Crippen LogP contribution >= 0.6 is 24.0 Å². The molecule has 3 rings (SSSR count). The van der Waals surface area contributed by atoms with E-state index in [-0.39, 0.29) is 11.7 Å². The average molecular weight is 357 g/mol. The van der Waals surface area contributed by atoms with Gasteiger partial charge in [0.15, 0.2) is 4.32 Å². The maximum absolute atomic E-state index is 13.1. The van der Waals surface area contributed by atoms with Crippen LogP contribution in [0, 0.1) is 5.82 Å². The number of nitrogens with zero attached hydrogens (tertiary/aromatic N) is 1. The number of thiocarbonyl (C=S) groups is 1. The molecule has 0 unspecified atom stereocenters. The lowest BCUT2D eigenvalue weighted by Gasteiger charge is -2.14. The third-order valence-electron chi connectivity index (χ3n) is 3.78. The Bertz CT molecular complexity index is 810. The van der Waals surface area contributed by atoms with Gasteiger partial charge in [0.25, 0.3) is 5.91 Å². The zero-order chi connectivity index (χ0) is 17.3. The molecule has 0 atom stereocenters. The first-order valence-corrected chi connectivity index (χ1v) is 8.81. The van der Waals surface area contributed by atoms with Crippen molar-refractivity contribution in [2.45, 2.75) is 19.8 Å². The van der Waals surface area contributed by atoms with Gasteiger partial charge in [-0.15, -0.1) is 0 Å². The quantitative estimate of drug-likeness (QED) is 0.545. The Morgan fingerprint density at radius 3 is 2.29 bits per heavy atom. The van der Waals surface area contributed by atoms with Crippen molar-refractivity contribution in [1.29, 1.82) is 0 Å². The molecule has 0 radical (unpaired) electrons. The molecule has 0 N–H and O–H groups in total. The molecular formula is C19H16FNOS2. The number of carbonyl (C=O) groups excluding carboxylic acids is 1. The second-order valence-electron chi connectivity index (χ2n) is 5.81. The van der Waals surface area contributed by atoms with Gasteiger partial charge in [0.05, 0.1) is 10.6 Å². The molecule has 0 saturated carbocycles. The summed E-state index contributed by atoms with van der Waals surface area (Å²) in [6, 6.07) is 13.9. The summed E-state index contributed by atoms with van der Waals surface area (Å²) in [6.07, 6.45) is 1.84. The molecule has 1 amide bonds. The van der Waals surface area contributed by atoms with Crippen molar-refractivity contribution in [3.63, 3.8) is 0 Å². The molecule has 1 fully saturated rings. The first-order valence-electron chi connectivity index (χ1n) is 7.59. The van der Waals surface area contributed by atoms with Crippen LogP contribution in [0.3, 0.4) is 0 Å². The first kappa shape index (κ1) is 16.9. The minimum absolute atomic E-state index is 0.176. The molecule has 0 aliphatic carbocycles. The number of rotatable bonds is 3. The lowest BCUT2D eigenvalue weighted by atomic mass is 10.0. The Hall–Kier alpha value is -1.98. The topological polar surface area (TPSA) is 20.3 Å². The van der Waals surface area contributed by atoms with Crippen molar-refractivity contribution in [3.8, 4) is 0 Å². The lowest BCUT2D eigenvalue weighted by molar-refractivity contribution is -0.113. The lowest BCUT2D eigenvalue weighted by Crippen LogP contribution is -2.27. The third-order valence-corrected chi connectivity index (χ3v) is 5.08. The molecule has 1 aliphatic rings. The van der Waals surface area contributed by atoms with Crippen molar-refractivity contribution in [2.24, 2.45) is 0 Å². The molecule has 24 heavy (non-hydrogen) atoms. The standard InChI is InChI=1S/C19H16FNOS2/c1-12(2)14-5-3-13(4-6-14)11-17-18(22)21(19(23)24-17)16-9-7-15(20)8-10-16/h3-12H,1-2H3. The van der Waals surface area contributed by atoms with Gasteiger partial charge in [0.2, 0.25) is 0 Å². The summed E-state index contributed by atoms with van der Waals surface area (Å²) < 4.78 is 13.5. The van der Waals surface area contributed by atoms with E-state index in [1.807, 2.05) is 18.2 Å². The first-order chi connectivity index (χ1) is 11.5. The highest BCUT2D eigenvalue weighted by molar-refractivity contribution is 8.27. The van der Waals surface area contributed by atoms with Gasteiger partial charge in [0, 0.05) is 0 Å². The number of hydrogen-bond donors (Lipinski definition) is 0. The van der Waals surface area contributed by atoms with Crippen LogP contribution < -0.4 is 4.90 Å². The molecule has 0 bridgehead atoms. The normalized spacial score (nSPS) is 16.5. The summed E-state index contributed by atoms with van der Waals surface area (Å²) in [6.45, 7) is 4.28. The Morgan fingerprint density at radius 2 is 1.71 bits per heavy atom. The Morgan fingerprint density at radius 1 is 1.08 bits per heavy atom. The molecule has 0 spiro atoms. The highest BCUT2D eigenvalue weighted by Crippen LogP contribution is 2.36. The van der Waals surface area contributed by atoms with Crippen LogP contribution in [0.5, 0.6) is 0 Å². The maximum Gasteiger partial charge on any atom is 0.270 e. The van der Waals surface area contributed by atoms with Crippen LogP contribution in [0.4, 0.5) is 10.1 Å². The van der Waals surface area contributed by atoms with Crippen LogP contribution in [0.1, 0.15) is 30.9 Å². The fourth-order valence-electron chi connectivity index (χ4n) is 2.41. The number of hydrogen-bond acceptors (Lipinski definition) is 3. The van der Waals surface area contributed by atoms with Crippen molar-refractivity contribution in [2.75, 3.05) is 4.90 Å². The molecule has 2 aromatic carbocycles. The fourth-order valence-corrected chi connectivity index (χ4v) is 3.71. The average Bonchev–Trinajstić information content (AvgIpc) is 2.83. The summed E-state index contributed by atoms with van der Waals surface area (Å²) in [5.41, 5.74) is 2.79. The van der Waals surface area contributed by atoms with Gasteiger partial charge < -0.3 is 0 Å². The zero-order valence-corrected chi connectivity index (χ0v) is 15.0. The monoisotopic (exact) mass is 357 g/mol. The third kappa shape index (κ3) is 3.42. The van der Waals surface area contributed by atoms with Gasteiger partial charge in [-0.2, -0.15) is 0 Å². The van der Waals surface area contributed by atoms with E-state index in [0.29, 0.717) is 20.8 Å². The summed E-state index contributed by atoms with van der Waals surface area (Å²) in [4.78, 5) is 14.6. The largest absolute Gasteiger partial charge is 0.270 e. The predicted molar refractivity (Wildman–Crippen MR) is 103 cm³/mol. The number of thioether (sulfide) groups is 1. The van der Waals surface area contributed by atoms with Crippen LogP contribution in [-0.2, 0) is 4.79 Å².